The van der Waals surface area contributed by atoms with Crippen molar-refractivity contribution in [2.24, 2.45) is 11.8 Å². The molecule has 2 atom stereocenters. The number of aryl methyl sites for hydroxylation is 1. The van der Waals surface area contributed by atoms with Crippen LogP contribution in [0.15, 0.2) is 24.3 Å². The largest absolute Gasteiger partial charge is 0.371 e. The van der Waals surface area contributed by atoms with Gasteiger partial charge in [0.2, 0.25) is 0 Å². The van der Waals surface area contributed by atoms with Crippen molar-refractivity contribution in [2.75, 3.05) is 31.1 Å². The lowest BCUT2D eigenvalue weighted by Gasteiger charge is -2.33. The minimum atomic E-state index is 0.711. The minimum Gasteiger partial charge on any atom is -0.371 e. The highest BCUT2D eigenvalue weighted by atomic mass is 15.1. The van der Waals surface area contributed by atoms with E-state index in [4.69, 9.17) is 0 Å². The molecule has 1 aliphatic heterocycles. The lowest BCUT2D eigenvalue weighted by Crippen LogP contribution is -2.42. The van der Waals surface area contributed by atoms with E-state index < -0.39 is 0 Å². The summed E-state index contributed by atoms with van der Waals surface area (Å²) in [5.41, 5.74) is 2.81. The zero-order valence-corrected chi connectivity index (χ0v) is 11.9. The third kappa shape index (κ3) is 3.49. The second-order valence-corrected chi connectivity index (χ2v) is 5.79. The summed E-state index contributed by atoms with van der Waals surface area (Å²) in [6.45, 7) is 11.4. The summed E-state index contributed by atoms with van der Waals surface area (Å²) in [6, 6.07) is 9.10. The second kappa shape index (κ2) is 6.24. The number of hydrogen-bond donors (Lipinski definition) is 1. The topological polar surface area (TPSA) is 15.3 Å². The summed E-state index contributed by atoms with van der Waals surface area (Å²) in [7, 11) is 0. The quantitative estimate of drug-likeness (QED) is 0.863. The molecule has 2 rings (SSSR count). The maximum absolute atomic E-state index is 3.55. The van der Waals surface area contributed by atoms with Crippen molar-refractivity contribution in [3.05, 3.63) is 29.8 Å². The number of nitrogens with one attached hydrogen (secondary N) is 1. The van der Waals surface area contributed by atoms with Crippen LogP contribution in [0.25, 0.3) is 0 Å². The van der Waals surface area contributed by atoms with Gasteiger partial charge in [-0.15, -0.1) is 0 Å². The third-order valence-corrected chi connectivity index (χ3v) is 3.76. The highest BCUT2D eigenvalue weighted by Crippen LogP contribution is 2.19. The van der Waals surface area contributed by atoms with E-state index in [-0.39, 0.29) is 0 Å². The first-order valence-corrected chi connectivity index (χ1v) is 7.23. The minimum absolute atomic E-state index is 0.711. The van der Waals surface area contributed by atoms with Gasteiger partial charge in [0.05, 0.1) is 0 Å². The van der Waals surface area contributed by atoms with Crippen molar-refractivity contribution >= 4 is 5.69 Å². The average Bonchev–Trinajstić information content (AvgIpc) is 2.36. The predicted octanol–water partition coefficient (Wildman–Crippen LogP) is 2.93. The Hall–Kier alpha value is -1.02. The lowest BCUT2D eigenvalue weighted by molar-refractivity contribution is 0.410. The van der Waals surface area contributed by atoms with Gasteiger partial charge in [-0.05, 0) is 49.0 Å². The Morgan fingerprint density at radius 1 is 1.06 bits per heavy atom. The van der Waals surface area contributed by atoms with Gasteiger partial charge in [0, 0.05) is 18.8 Å². The lowest BCUT2D eigenvalue weighted by atomic mass is 10.0. The molecule has 1 aliphatic rings. The number of anilines is 1. The van der Waals surface area contributed by atoms with Gasteiger partial charge in [-0.2, -0.15) is 0 Å². The van der Waals surface area contributed by atoms with Gasteiger partial charge in [0.1, 0.15) is 0 Å². The molecule has 2 nitrogen and oxygen atoms in total. The summed E-state index contributed by atoms with van der Waals surface area (Å²) in [6.07, 6.45) is 1.12. The van der Waals surface area contributed by atoms with E-state index in [2.05, 4.69) is 55.3 Å². The molecule has 0 spiro atoms. The third-order valence-electron chi connectivity index (χ3n) is 3.76. The standard InChI is InChI=1S/C16H26N2/c1-4-15-5-7-16(8-6-15)18-11-13(2)9-17-10-14(3)12-18/h5-8,13-14,17H,4,9-12H2,1-3H3. The first kappa shape index (κ1) is 13.4. The Morgan fingerprint density at radius 2 is 1.61 bits per heavy atom. The summed E-state index contributed by atoms with van der Waals surface area (Å²) >= 11 is 0. The normalized spacial score (nSPS) is 25.6. The Kier molecular flexibility index (Phi) is 4.65. The van der Waals surface area contributed by atoms with Crippen LogP contribution >= 0.6 is 0 Å². The molecule has 0 aliphatic carbocycles. The van der Waals surface area contributed by atoms with Crippen molar-refractivity contribution < 1.29 is 0 Å². The van der Waals surface area contributed by atoms with Crippen LogP contribution < -0.4 is 10.2 Å². The highest BCUT2D eigenvalue weighted by Gasteiger charge is 2.17. The number of rotatable bonds is 2. The van der Waals surface area contributed by atoms with Crippen LogP contribution in [0.5, 0.6) is 0 Å². The molecule has 0 aromatic heterocycles. The SMILES string of the molecule is CCc1ccc(N2CC(C)CNCC(C)C2)cc1. The van der Waals surface area contributed by atoms with Crippen LogP contribution in [0.2, 0.25) is 0 Å². The summed E-state index contributed by atoms with van der Waals surface area (Å²) in [4.78, 5) is 2.55. The molecule has 2 heteroatoms. The molecular weight excluding hydrogens is 220 g/mol. The smallest absolute Gasteiger partial charge is 0.0366 e. The fourth-order valence-corrected chi connectivity index (χ4v) is 2.69. The molecule has 1 N–H and O–H groups in total. The van der Waals surface area contributed by atoms with Crippen molar-refractivity contribution in [1.29, 1.82) is 0 Å². The molecule has 18 heavy (non-hydrogen) atoms. The van der Waals surface area contributed by atoms with Crippen LogP contribution in [-0.2, 0) is 6.42 Å². The predicted molar refractivity (Wildman–Crippen MR) is 79.2 cm³/mol. The van der Waals surface area contributed by atoms with Gasteiger partial charge >= 0.3 is 0 Å². The Labute approximate surface area is 111 Å². The average molecular weight is 246 g/mol. The van der Waals surface area contributed by atoms with Crippen molar-refractivity contribution in [2.45, 2.75) is 27.2 Å². The Balaban J connectivity index is 2.11. The second-order valence-electron chi connectivity index (χ2n) is 5.79. The van der Waals surface area contributed by atoms with E-state index in [1.165, 1.54) is 11.3 Å². The molecule has 1 saturated heterocycles. The fraction of sp³-hybridized carbons (Fsp3) is 0.625. The molecule has 0 bridgehead atoms. The summed E-state index contributed by atoms with van der Waals surface area (Å²) in [5.74, 6) is 1.42. The van der Waals surface area contributed by atoms with E-state index >= 15 is 0 Å². The van der Waals surface area contributed by atoms with E-state index in [1.807, 2.05) is 0 Å². The molecule has 1 fully saturated rings. The zero-order valence-electron chi connectivity index (χ0n) is 11.9. The zero-order chi connectivity index (χ0) is 13.0. The molecule has 1 aromatic carbocycles. The van der Waals surface area contributed by atoms with Gasteiger partial charge in [-0.25, -0.2) is 0 Å². The number of benzene rings is 1. The van der Waals surface area contributed by atoms with Gasteiger partial charge in [0.25, 0.3) is 0 Å². The van der Waals surface area contributed by atoms with E-state index in [9.17, 15) is 0 Å². The van der Waals surface area contributed by atoms with Crippen LogP contribution in [0.3, 0.4) is 0 Å². The monoisotopic (exact) mass is 246 g/mol. The summed E-state index contributed by atoms with van der Waals surface area (Å²) in [5, 5.41) is 3.55. The fourth-order valence-electron chi connectivity index (χ4n) is 2.69. The van der Waals surface area contributed by atoms with Crippen molar-refractivity contribution in [3.63, 3.8) is 0 Å². The van der Waals surface area contributed by atoms with Gasteiger partial charge in [-0.1, -0.05) is 32.9 Å². The van der Waals surface area contributed by atoms with Crippen LogP contribution in [0, 0.1) is 11.8 Å². The van der Waals surface area contributed by atoms with Crippen molar-refractivity contribution in [1.82, 2.24) is 5.32 Å². The van der Waals surface area contributed by atoms with E-state index in [0.717, 1.165) is 32.6 Å². The highest BCUT2D eigenvalue weighted by molar-refractivity contribution is 5.47. The first-order valence-electron chi connectivity index (χ1n) is 7.23. The van der Waals surface area contributed by atoms with Gasteiger partial charge < -0.3 is 10.2 Å². The maximum Gasteiger partial charge on any atom is 0.0366 e. The van der Waals surface area contributed by atoms with Crippen LogP contribution in [0.4, 0.5) is 5.69 Å². The molecule has 1 aromatic rings. The van der Waals surface area contributed by atoms with Crippen molar-refractivity contribution in [3.8, 4) is 0 Å². The molecule has 2 unspecified atom stereocenters. The van der Waals surface area contributed by atoms with Gasteiger partial charge in [-0.3, -0.25) is 0 Å². The molecular formula is C16H26N2. The first-order chi connectivity index (χ1) is 8.69. The molecule has 0 saturated carbocycles. The Morgan fingerprint density at radius 3 is 2.11 bits per heavy atom. The van der Waals surface area contributed by atoms with E-state index in [1.54, 1.807) is 0 Å². The van der Waals surface area contributed by atoms with Gasteiger partial charge in [0.15, 0.2) is 0 Å². The molecule has 0 radical (unpaired) electrons. The van der Waals surface area contributed by atoms with Crippen LogP contribution in [0.1, 0.15) is 26.3 Å². The summed E-state index contributed by atoms with van der Waals surface area (Å²) < 4.78 is 0. The molecule has 100 valence electrons. The molecule has 1 heterocycles. The van der Waals surface area contributed by atoms with Crippen LogP contribution in [-0.4, -0.2) is 26.2 Å². The van der Waals surface area contributed by atoms with E-state index in [0.29, 0.717) is 11.8 Å². The maximum atomic E-state index is 3.55. The number of nitrogens with zero attached hydrogens (tertiary/aromatic N) is 1. The molecule has 0 amide bonds. The number of hydrogen-bond acceptors (Lipinski definition) is 2. The Bertz CT molecular complexity index is 346.